The van der Waals surface area contributed by atoms with E-state index in [1.54, 1.807) is 0 Å². The summed E-state index contributed by atoms with van der Waals surface area (Å²) in [6.07, 6.45) is 6.87. The normalized spacial score (nSPS) is 12.0. The molecule has 1 N–H and O–H groups in total. The summed E-state index contributed by atoms with van der Waals surface area (Å²) in [5.41, 5.74) is 2.52. The molecule has 0 aliphatic heterocycles. The highest BCUT2D eigenvalue weighted by Gasteiger charge is 2.13. The van der Waals surface area contributed by atoms with E-state index in [0.29, 0.717) is 0 Å². The molecule has 2 rings (SSSR count). The van der Waals surface area contributed by atoms with Gasteiger partial charge < -0.3 is 5.32 Å². The molecule has 2 aromatic heterocycles. The van der Waals surface area contributed by atoms with Crippen molar-refractivity contribution in [3.8, 4) is 0 Å². The molecule has 0 spiro atoms. The van der Waals surface area contributed by atoms with Crippen LogP contribution < -0.4 is 5.32 Å². The number of hydrogen-bond donors (Lipinski definition) is 1. The lowest BCUT2D eigenvalue weighted by Crippen LogP contribution is -2.22. The molecule has 0 aliphatic rings. The minimum atomic E-state index is 0.0486. The lowest BCUT2D eigenvalue weighted by atomic mass is 10.1. The van der Waals surface area contributed by atoms with Crippen LogP contribution in [0.3, 0.4) is 0 Å². The van der Waals surface area contributed by atoms with Crippen LogP contribution in [-0.2, 0) is 25.6 Å². The van der Waals surface area contributed by atoms with E-state index >= 15 is 0 Å². The van der Waals surface area contributed by atoms with Crippen LogP contribution in [0.2, 0.25) is 0 Å². The molecule has 0 amide bonds. The van der Waals surface area contributed by atoms with Gasteiger partial charge in [-0.1, -0.05) is 0 Å². The number of aromatic nitrogens is 4. The third-order valence-corrected chi connectivity index (χ3v) is 3.13. The maximum absolute atomic E-state index is 4.39. The Morgan fingerprint density at radius 1 is 1.26 bits per heavy atom. The van der Waals surface area contributed by atoms with E-state index in [-0.39, 0.29) is 5.54 Å². The first-order valence-corrected chi connectivity index (χ1v) is 6.68. The predicted molar refractivity (Wildman–Crippen MR) is 75.8 cm³/mol. The Bertz CT molecular complexity index is 518. The van der Waals surface area contributed by atoms with Crippen molar-refractivity contribution < 1.29 is 0 Å². The molecule has 5 heteroatoms. The van der Waals surface area contributed by atoms with Gasteiger partial charge in [0.15, 0.2) is 0 Å². The fourth-order valence-electron chi connectivity index (χ4n) is 1.91. The SMILES string of the molecule is Cn1nccc1CCNCc1cnn(C(C)(C)C)c1. The zero-order valence-electron chi connectivity index (χ0n) is 12.2. The number of aryl methyl sites for hydroxylation is 1. The molecule has 0 aromatic carbocycles. The summed E-state index contributed by atoms with van der Waals surface area (Å²) in [6, 6.07) is 2.05. The fraction of sp³-hybridized carbons (Fsp3) is 0.571. The zero-order valence-corrected chi connectivity index (χ0v) is 12.2. The van der Waals surface area contributed by atoms with E-state index in [0.717, 1.165) is 19.5 Å². The molecule has 0 aliphatic carbocycles. The highest BCUT2D eigenvalue weighted by molar-refractivity contribution is 5.05. The molecule has 0 fully saturated rings. The highest BCUT2D eigenvalue weighted by Crippen LogP contribution is 2.12. The molecular formula is C14H23N5. The summed E-state index contributed by atoms with van der Waals surface area (Å²) in [7, 11) is 1.97. The maximum atomic E-state index is 4.39. The van der Waals surface area contributed by atoms with Crippen LogP contribution in [0, 0.1) is 0 Å². The van der Waals surface area contributed by atoms with Gasteiger partial charge in [0.25, 0.3) is 0 Å². The molecule has 0 unspecified atom stereocenters. The van der Waals surface area contributed by atoms with Crippen molar-refractivity contribution in [2.45, 2.75) is 39.3 Å². The number of nitrogens with one attached hydrogen (secondary N) is 1. The van der Waals surface area contributed by atoms with E-state index < -0.39 is 0 Å². The first-order valence-electron chi connectivity index (χ1n) is 6.68. The topological polar surface area (TPSA) is 47.7 Å². The highest BCUT2D eigenvalue weighted by atomic mass is 15.3. The Morgan fingerprint density at radius 3 is 2.63 bits per heavy atom. The van der Waals surface area contributed by atoms with Crippen molar-refractivity contribution in [2.75, 3.05) is 6.54 Å². The van der Waals surface area contributed by atoms with Gasteiger partial charge in [-0.25, -0.2) is 0 Å². The molecule has 2 heterocycles. The Hall–Kier alpha value is -1.62. The average molecular weight is 261 g/mol. The Kier molecular flexibility index (Phi) is 4.04. The van der Waals surface area contributed by atoms with Gasteiger partial charge in [0.05, 0.1) is 11.7 Å². The molecule has 0 saturated carbocycles. The van der Waals surface area contributed by atoms with Gasteiger partial charge in [-0.3, -0.25) is 9.36 Å². The third-order valence-electron chi connectivity index (χ3n) is 3.13. The number of rotatable bonds is 5. The summed E-state index contributed by atoms with van der Waals surface area (Å²) in [5.74, 6) is 0. The van der Waals surface area contributed by atoms with Gasteiger partial charge in [0.2, 0.25) is 0 Å². The van der Waals surface area contributed by atoms with Crippen molar-refractivity contribution >= 4 is 0 Å². The van der Waals surface area contributed by atoms with Crippen LogP contribution in [0.1, 0.15) is 32.0 Å². The van der Waals surface area contributed by atoms with Crippen molar-refractivity contribution in [1.82, 2.24) is 24.9 Å². The minimum Gasteiger partial charge on any atom is -0.312 e. The van der Waals surface area contributed by atoms with Crippen LogP contribution in [0.25, 0.3) is 0 Å². The summed E-state index contributed by atoms with van der Waals surface area (Å²) >= 11 is 0. The Morgan fingerprint density at radius 2 is 2.05 bits per heavy atom. The molecule has 0 bridgehead atoms. The summed E-state index contributed by atoms with van der Waals surface area (Å²) in [4.78, 5) is 0. The van der Waals surface area contributed by atoms with Gasteiger partial charge in [0.1, 0.15) is 0 Å². The Labute approximate surface area is 114 Å². The van der Waals surface area contributed by atoms with Crippen LogP contribution in [-0.4, -0.2) is 26.1 Å². The van der Waals surface area contributed by atoms with Gasteiger partial charge >= 0.3 is 0 Å². The second-order valence-electron chi connectivity index (χ2n) is 5.84. The van der Waals surface area contributed by atoms with Crippen molar-refractivity contribution in [3.05, 3.63) is 35.9 Å². The fourth-order valence-corrected chi connectivity index (χ4v) is 1.91. The lowest BCUT2D eigenvalue weighted by Gasteiger charge is -2.18. The minimum absolute atomic E-state index is 0.0486. The maximum Gasteiger partial charge on any atom is 0.0543 e. The lowest BCUT2D eigenvalue weighted by molar-refractivity contribution is 0.355. The van der Waals surface area contributed by atoms with E-state index in [4.69, 9.17) is 0 Å². The van der Waals surface area contributed by atoms with Crippen LogP contribution in [0.5, 0.6) is 0 Å². The number of nitrogens with zero attached hydrogens (tertiary/aromatic N) is 4. The van der Waals surface area contributed by atoms with Gasteiger partial charge in [-0.05, 0) is 26.8 Å². The van der Waals surface area contributed by atoms with Gasteiger partial charge in [-0.15, -0.1) is 0 Å². The van der Waals surface area contributed by atoms with E-state index in [2.05, 4.69) is 48.5 Å². The van der Waals surface area contributed by atoms with Crippen molar-refractivity contribution in [1.29, 1.82) is 0 Å². The smallest absolute Gasteiger partial charge is 0.0543 e. The average Bonchev–Trinajstić information content (AvgIpc) is 2.93. The molecule has 0 radical (unpaired) electrons. The van der Waals surface area contributed by atoms with E-state index in [9.17, 15) is 0 Å². The first kappa shape index (κ1) is 13.8. The van der Waals surface area contributed by atoms with E-state index in [1.807, 2.05) is 28.8 Å². The summed E-state index contributed by atoms with van der Waals surface area (Å²) in [5, 5.41) is 12.0. The number of hydrogen-bond acceptors (Lipinski definition) is 3. The molecular weight excluding hydrogens is 238 g/mol. The van der Waals surface area contributed by atoms with Crippen LogP contribution in [0.15, 0.2) is 24.7 Å². The molecule has 0 atom stereocenters. The second kappa shape index (κ2) is 5.57. The third kappa shape index (κ3) is 3.67. The zero-order chi connectivity index (χ0) is 13.9. The quantitative estimate of drug-likeness (QED) is 0.833. The second-order valence-corrected chi connectivity index (χ2v) is 5.84. The van der Waals surface area contributed by atoms with E-state index in [1.165, 1.54) is 11.3 Å². The van der Waals surface area contributed by atoms with Crippen LogP contribution in [0.4, 0.5) is 0 Å². The largest absolute Gasteiger partial charge is 0.312 e. The molecule has 5 nitrogen and oxygen atoms in total. The molecule has 19 heavy (non-hydrogen) atoms. The molecule has 0 saturated heterocycles. The monoisotopic (exact) mass is 261 g/mol. The van der Waals surface area contributed by atoms with Crippen molar-refractivity contribution in [2.24, 2.45) is 7.05 Å². The summed E-state index contributed by atoms with van der Waals surface area (Å²) < 4.78 is 3.92. The van der Waals surface area contributed by atoms with Crippen molar-refractivity contribution in [3.63, 3.8) is 0 Å². The van der Waals surface area contributed by atoms with Gasteiger partial charge in [-0.2, -0.15) is 10.2 Å². The predicted octanol–water partition coefficient (Wildman–Crippen LogP) is 1.70. The first-order chi connectivity index (χ1) is 8.97. The standard InChI is InChI=1S/C14H23N5/c1-14(2,3)19-11-12(10-17-19)9-15-7-5-13-6-8-16-18(13)4/h6,8,10-11,15H,5,7,9H2,1-4H3. The Balaban J connectivity index is 1.77. The van der Waals surface area contributed by atoms with Gasteiger partial charge in [0, 0.05) is 50.2 Å². The molecule has 2 aromatic rings. The van der Waals surface area contributed by atoms with Crippen LogP contribution >= 0.6 is 0 Å². The molecule has 104 valence electrons. The summed E-state index contributed by atoms with van der Waals surface area (Å²) in [6.45, 7) is 8.26.